The fraction of sp³-hybridized carbons (Fsp3) is 0.130. The number of Topliss-reactive ketones (excluding diaryl/α,β-unsaturated/α-hetero) is 1. The maximum Gasteiger partial charge on any atom is 0.300 e. The van der Waals surface area contributed by atoms with Crippen molar-refractivity contribution in [3.8, 4) is 0 Å². The molecule has 0 aliphatic carbocycles. The lowest BCUT2D eigenvalue weighted by molar-refractivity contribution is -0.132. The predicted molar refractivity (Wildman–Crippen MR) is 116 cm³/mol. The third kappa shape index (κ3) is 3.40. The maximum absolute atomic E-state index is 13.0. The molecule has 0 saturated carbocycles. The van der Waals surface area contributed by atoms with Crippen LogP contribution in [0.1, 0.15) is 28.7 Å². The summed E-state index contributed by atoms with van der Waals surface area (Å²) in [6, 6.07) is 13.9. The normalized spacial score (nSPS) is 18.3. The number of aliphatic hydroxyl groups excluding tert-OH is 1. The van der Waals surface area contributed by atoms with Gasteiger partial charge in [-0.25, -0.2) is 0 Å². The number of aryl methyl sites for hydroxylation is 2. The summed E-state index contributed by atoms with van der Waals surface area (Å²) in [5.74, 6) is -0.907. The third-order valence-electron chi connectivity index (χ3n) is 5.03. The molecule has 1 saturated heterocycles. The quantitative estimate of drug-likeness (QED) is 0.315. The number of benzene rings is 2. The SMILES string of the molecule is Cc1ccc(C2/C(=C(/O)c3ccc(Cl)cc3)C(=O)C(=O)N2c2ccc(C)c(Cl)c2)o1. The summed E-state index contributed by atoms with van der Waals surface area (Å²) in [4.78, 5) is 27.3. The smallest absolute Gasteiger partial charge is 0.300 e. The Hall–Kier alpha value is -3.02. The van der Waals surface area contributed by atoms with Gasteiger partial charge in [-0.3, -0.25) is 14.5 Å². The summed E-state index contributed by atoms with van der Waals surface area (Å²) in [7, 11) is 0. The number of aliphatic hydroxyl groups is 1. The number of carbonyl (C=O) groups excluding carboxylic acids is 2. The molecule has 1 fully saturated rings. The molecular weight excluding hydrogens is 425 g/mol. The van der Waals surface area contributed by atoms with E-state index in [9.17, 15) is 14.7 Å². The molecular formula is C23H17Cl2NO4. The molecule has 30 heavy (non-hydrogen) atoms. The number of carbonyl (C=O) groups is 2. The van der Waals surface area contributed by atoms with Crippen LogP contribution in [0.4, 0.5) is 5.69 Å². The van der Waals surface area contributed by atoms with Crippen LogP contribution in [0.2, 0.25) is 10.0 Å². The van der Waals surface area contributed by atoms with Gasteiger partial charge in [-0.15, -0.1) is 0 Å². The van der Waals surface area contributed by atoms with Crippen molar-refractivity contribution in [2.45, 2.75) is 19.9 Å². The Morgan fingerprint density at radius 2 is 1.70 bits per heavy atom. The number of rotatable bonds is 3. The van der Waals surface area contributed by atoms with Crippen molar-refractivity contribution < 1.29 is 19.1 Å². The van der Waals surface area contributed by atoms with Gasteiger partial charge in [0, 0.05) is 21.3 Å². The van der Waals surface area contributed by atoms with E-state index in [1.54, 1.807) is 61.5 Å². The van der Waals surface area contributed by atoms with E-state index in [0.717, 1.165) is 5.56 Å². The number of nitrogens with zero attached hydrogens (tertiary/aromatic N) is 1. The highest BCUT2D eigenvalue weighted by atomic mass is 35.5. The lowest BCUT2D eigenvalue weighted by Gasteiger charge is -2.24. The van der Waals surface area contributed by atoms with Crippen molar-refractivity contribution in [1.82, 2.24) is 0 Å². The van der Waals surface area contributed by atoms with Gasteiger partial charge in [0.15, 0.2) is 0 Å². The fourth-order valence-electron chi connectivity index (χ4n) is 3.46. The van der Waals surface area contributed by atoms with Crippen molar-refractivity contribution in [2.24, 2.45) is 0 Å². The van der Waals surface area contributed by atoms with E-state index in [0.29, 0.717) is 32.8 Å². The van der Waals surface area contributed by atoms with Crippen LogP contribution in [0, 0.1) is 13.8 Å². The Morgan fingerprint density at radius 3 is 2.30 bits per heavy atom. The summed E-state index contributed by atoms with van der Waals surface area (Å²) >= 11 is 12.2. The van der Waals surface area contributed by atoms with E-state index < -0.39 is 17.7 Å². The van der Waals surface area contributed by atoms with Gasteiger partial charge in [0.1, 0.15) is 23.3 Å². The van der Waals surface area contributed by atoms with Gasteiger partial charge < -0.3 is 9.52 Å². The van der Waals surface area contributed by atoms with Crippen LogP contribution < -0.4 is 4.90 Å². The van der Waals surface area contributed by atoms with Crippen LogP contribution in [0.25, 0.3) is 5.76 Å². The van der Waals surface area contributed by atoms with Gasteiger partial charge in [0.25, 0.3) is 11.7 Å². The highest BCUT2D eigenvalue weighted by Gasteiger charge is 2.48. The number of anilines is 1. The first-order chi connectivity index (χ1) is 14.3. The van der Waals surface area contributed by atoms with Crippen molar-refractivity contribution in [3.63, 3.8) is 0 Å². The van der Waals surface area contributed by atoms with E-state index in [-0.39, 0.29) is 11.3 Å². The minimum atomic E-state index is -0.937. The topological polar surface area (TPSA) is 70.8 Å². The van der Waals surface area contributed by atoms with Crippen LogP contribution >= 0.6 is 23.2 Å². The molecule has 0 radical (unpaired) electrons. The molecule has 1 aliphatic heterocycles. The first-order valence-corrected chi connectivity index (χ1v) is 9.93. The zero-order valence-electron chi connectivity index (χ0n) is 16.1. The summed E-state index contributed by atoms with van der Waals surface area (Å²) in [6.07, 6.45) is 0. The Morgan fingerprint density at radius 1 is 1.00 bits per heavy atom. The van der Waals surface area contributed by atoms with Gasteiger partial charge in [0.2, 0.25) is 0 Å². The van der Waals surface area contributed by atoms with E-state index in [4.69, 9.17) is 27.6 Å². The van der Waals surface area contributed by atoms with Gasteiger partial charge in [-0.05, 0) is 67.9 Å². The number of ketones is 1. The molecule has 1 aromatic heterocycles. The molecule has 1 atom stereocenters. The third-order valence-corrected chi connectivity index (χ3v) is 5.69. The Balaban J connectivity index is 1.94. The second-order valence-electron chi connectivity index (χ2n) is 7.06. The lowest BCUT2D eigenvalue weighted by Crippen LogP contribution is -2.29. The molecule has 5 nitrogen and oxygen atoms in total. The van der Waals surface area contributed by atoms with E-state index in [2.05, 4.69) is 0 Å². The average Bonchev–Trinajstić information content (AvgIpc) is 3.25. The van der Waals surface area contributed by atoms with Crippen LogP contribution in [-0.2, 0) is 9.59 Å². The van der Waals surface area contributed by atoms with Crippen LogP contribution in [0.15, 0.2) is 64.6 Å². The van der Waals surface area contributed by atoms with E-state index in [1.807, 2.05) is 6.92 Å². The van der Waals surface area contributed by atoms with Crippen LogP contribution in [-0.4, -0.2) is 16.8 Å². The first kappa shape index (κ1) is 20.3. The highest BCUT2D eigenvalue weighted by Crippen LogP contribution is 2.43. The molecule has 1 unspecified atom stereocenters. The zero-order valence-corrected chi connectivity index (χ0v) is 17.7. The van der Waals surface area contributed by atoms with Gasteiger partial charge in [-0.2, -0.15) is 0 Å². The van der Waals surface area contributed by atoms with Crippen molar-refractivity contribution in [1.29, 1.82) is 0 Å². The highest BCUT2D eigenvalue weighted by molar-refractivity contribution is 6.51. The molecule has 0 spiro atoms. The van der Waals surface area contributed by atoms with Crippen molar-refractivity contribution >= 4 is 46.3 Å². The molecule has 2 aromatic carbocycles. The number of halogens is 2. The number of amides is 1. The standard InChI is InChI=1S/C23H17Cl2NO4/c1-12-3-9-16(11-17(12)25)26-20(18-10-4-13(2)30-18)19(22(28)23(26)29)21(27)14-5-7-15(24)8-6-14/h3-11,20,27H,1-2H3/b21-19-. The Labute approximate surface area is 183 Å². The largest absolute Gasteiger partial charge is 0.507 e. The first-order valence-electron chi connectivity index (χ1n) is 9.17. The summed E-state index contributed by atoms with van der Waals surface area (Å²) < 4.78 is 5.76. The number of furan rings is 1. The van der Waals surface area contributed by atoms with Gasteiger partial charge in [-0.1, -0.05) is 29.3 Å². The second kappa shape index (κ2) is 7.67. The van der Waals surface area contributed by atoms with Crippen LogP contribution in [0.5, 0.6) is 0 Å². The van der Waals surface area contributed by atoms with Gasteiger partial charge in [0.05, 0.1) is 5.57 Å². The van der Waals surface area contributed by atoms with Gasteiger partial charge >= 0.3 is 0 Å². The number of hydrogen-bond acceptors (Lipinski definition) is 4. The zero-order chi connectivity index (χ0) is 21.6. The molecule has 1 N–H and O–H groups in total. The monoisotopic (exact) mass is 441 g/mol. The van der Waals surface area contributed by atoms with Crippen LogP contribution in [0.3, 0.4) is 0 Å². The predicted octanol–water partition coefficient (Wildman–Crippen LogP) is 5.83. The lowest BCUT2D eigenvalue weighted by atomic mass is 9.99. The molecule has 1 aliphatic rings. The minimum Gasteiger partial charge on any atom is -0.507 e. The van der Waals surface area contributed by atoms with Crippen molar-refractivity contribution in [2.75, 3.05) is 4.90 Å². The van der Waals surface area contributed by atoms with E-state index in [1.165, 1.54) is 4.90 Å². The maximum atomic E-state index is 13.0. The molecule has 2 heterocycles. The molecule has 4 rings (SSSR count). The number of hydrogen-bond donors (Lipinski definition) is 1. The second-order valence-corrected chi connectivity index (χ2v) is 7.90. The molecule has 152 valence electrons. The Bertz CT molecular complexity index is 1190. The Kier molecular flexibility index (Phi) is 5.18. The molecule has 0 bridgehead atoms. The average molecular weight is 442 g/mol. The fourth-order valence-corrected chi connectivity index (χ4v) is 3.76. The summed E-state index contributed by atoms with van der Waals surface area (Å²) in [5, 5.41) is 11.9. The van der Waals surface area contributed by atoms with E-state index >= 15 is 0 Å². The summed E-state index contributed by atoms with van der Waals surface area (Å²) in [6.45, 7) is 3.60. The molecule has 3 aromatic rings. The molecule has 1 amide bonds. The minimum absolute atomic E-state index is 0.0617. The summed E-state index contributed by atoms with van der Waals surface area (Å²) in [5.41, 5.74) is 1.58. The molecule has 7 heteroatoms. The van der Waals surface area contributed by atoms with Crippen molar-refractivity contribution in [3.05, 3.63) is 92.9 Å².